The van der Waals surface area contributed by atoms with Crippen LogP contribution in [0.5, 0.6) is 0 Å². The molecule has 1 N–H and O–H groups in total. The second kappa shape index (κ2) is 6.07. The largest absolute Gasteiger partial charge is 0.277 e. The van der Waals surface area contributed by atoms with Gasteiger partial charge in [0.2, 0.25) is 0 Å². The van der Waals surface area contributed by atoms with Crippen LogP contribution in [0, 0.1) is 6.92 Å². The summed E-state index contributed by atoms with van der Waals surface area (Å²) in [5.74, 6) is 0. The second-order valence-corrected chi connectivity index (χ2v) is 6.08. The van der Waals surface area contributed by atoms with Crippen LogP contribution in [0.25, 0.3) is 6.08 Å². The quantitative estimate of drug-likeness (QED) is 0.880. The molecular weight excluding hydrogens is 296 g/mol. The number of nitrogens with one attached hydrogen (secondary N) is 1. The van der Waals surface area contributed by atoms with E-state index in [1.807, 2.05) is 30.3 Å². The molecule has 0 aliphatic carbocycles. The Morgan fingerprint density at radius 1 is 1.20 bits per heavy atom. The molecule has 0 unspecified atom stereocenters. The number of aryl methyl sites for hydroxylation is 1. The number of halogens is 1. The highest BCUT2D eigenvalue weighted by Crippen LogP contribution is 2.24. The van der Waals surface area contributed by atoms with E-state index in [-0.39, 0.29) is 5.15 Å². The summed E-state index contributed by atoms with van der Waals surface area (Å²) in [7, 11) is -3.63. The first-order valence-corrected chi connectivity index (χ1v) is 7.77. The predicted octanol–water partition coefficient (Wildman–Crippen LogP) is 3.46. The van der Waals surface area contributed by atoms with Gasteiger partial charge in [-0.15, -0.1) is 0 Å². The van der Waals surface area contributed by atoms with E-state index in [0.717, 1.165) is 11.0 Å². The van der Waals surface area contributed by atoms with Crippen LogP contribution in [0.4, 0.5) is 5.69 Å². The minimum atomic E-state index is -3.63. The van der Waals surface area contributed by atoms with Gasteiger partial charge in [0.15, 0.2) is 5.15 Å². The first-order valence-electron chi connectivity index (χ1n) is 5.85. The number of anilines is 1. The highest BCUT2D eigenvalue weighted by Gasteiger charge is 2.11. The molecule has 1 heterocycles. The van der Waals surface area contributed by atoms with E-state index in [1.54, 1.807) is 13.0 Å². The number of pyridine rings is 1. The maximum atomic E-state index is 12.0. The van der Waals surface area contributed by atoms with Crippen molar-refractivity contribution >= 4 is 33.4 Å². The Kier molecular flexibility index (Phi) is 4.42. The lowest BCUT2D eigenvalue weighted by atomic mass is 10.2. The lowest BCUT2D eigenvalue weighted by molar-refractivity contribution is 0.609. The zero-order chi connectivity index (χ0) is 14.6. The van der Waals surface area contributed by atoms with Gasteiger partial charge in [0.1, 0.15) is 0 Å². The predicted molar refractivity (Wildman–Crippen MR) is 82.0 cm³/mol. The van der Waals surface area contributed by atoms with E-state index in [0.29, 0.717) is 11.3 Å². The van der Waals surface area contributed by atoms with Gasteiger partial charge >= 0.3 is 0 Å². The summed E-state index contributed by atoms with van der Waals surface area (Å²) in [6.45, 7) is 1.76. The van der Waals surface area contributed by atoms with Gasteiger partial charge in [-0.05, 0) is 30.2 Å². The number of benzene rings is 1. The Hall–Kier alpha value is -1.85. The van der Waals surface area contributed by atoms with E-state index in [9.17, 15) is 8.42 Å². The van der Waals surface area contributed by atoms with Crippen molar-refractivity contribution in [1.29, 1.82) is 0 Å². The number of sulfonamides is 1. The lowest BCUT2D eigenvalue weighted by Crippen LogP contribution is -2.10. The molecular formula is C14H13ClN2O2S. The van der Waals surface area contributed by atoms with Gasteiger partial charge in [0.05, 0.1) is 11.1 Å². The van der Waals surface area contributed by atoms with Crippen LogP contribution in [0.1, 0.15) is 11.1 Å². The third-order valence-electron chi connectivity index (χ3n) is 2.60. The molecule has 20 heavy (non-hydrogen) atoms. The van der Waals surface area contributed by atoms with E-state index in [2.05, 4.69) is 9.71 Å². The first-order chi connectivity index (χ1) is 9.48. The van der Waals surface area contributed by atoms with Gasteiger partial charge in [0.25, 0.3) is 10.0 Å². The van der Waals surface area contributed by atoms with E-state index >= 15 is 0 Å². The number of nitrogens with zero attached hydrogens (tertiary/aromatic N) is 1. The van der Waals surface area contributed by atoms with E-state index in [4.69, 9.17) is 11.6 Å². The van der Waals surface area contributed by atoms with Crippen molar-refractivity contribution in [3.8, 4) is 0 Å². The van der Waals surface area contributed by atoms with E-state index in [1.165, 1.54) is 12.3 Å². The standard InChI is InChI=1S/C14H13ClN2O2S/c1-11-7-9-16-14(15)13(11)17-20(18,19)10-8-12-5-3-2-4-6-12/h2-10,17H,1H3/b10-8+. The molecule has 0 radical (unpaired) electrons. The number of hydrogen-bond donors (Lipinski definition) is 1. The zero-order valence-corrected chi connectivity index (χ0v) is 12.3. The molecule has 104 valence electrons. The SMILES string of the molecule is Cc1ccnc(Cl)c1NS(=O)(=O)/C=C/c1ccccc1. The molecule has 0 fully saturated rings. The molecule has 2 rings (SSSR count). The van der Waals surface area contributed by atoms with E-state index < -0.39 is 10.0 Å². The zero-order valence-electron chi connectivity index (χ0n) is 10.7. The summed E-state index contributed by atoms with van der Waals surface area (Å²) in [6.07, 6.45) is 3.04. The van der Waals surface area contributed by atoms with Crippen molar-refractivity contribution in [2.45, 2.75) is 6.92 Å². The van der Waals surface area contributed by atoms with Crippen LogP contribution in [-0.4, -0.2) is 13.4 Å². The molecule has 4 nitrogen and oxygen atoms in total. The molecule has 0 amide bonds. The molecule has 1 aromatic heterocycles. The van der Waals surface area contributed by atoms with Crippen LogP contribution >= 0.6 is 11.6 Å². The smallest absolute Gasteiger partial charge is 0.255 e. The van der Waals surface area contributed by atoms with Crippen molar-refractivity contribution in [1.82, 2.24) is 4.98 Å². The fourth-order valence-corrected chi connectivity index (χ4v) is 2.81. The summed E-state index contributed by atoms with van der Waals surface area (Å²) >= 11 is 5.89. The van der Waals surface area contributed by atoms with Crippen molar-refractivity contribution in [3.05, 3.63) is 64.3 Å². The van der Waals surface area contributed by atoms with Crippen molar-refractivity contribution in [3.63, 3.8) is 0 Å². The molecule has 6 heteroatoms. The molecule has 0 saturated heterocycles. The Labute approximate surface area is 123 Å². The Bertz CT molecular complexity index is 708. The summed E-state index contributed by atoms with van der Waals surface area (Å²) in [6, 6.07) is 10.8. The normalized spacial score (nSPS) is 11.7. The molecule has 0 atom stereocenters. The number of rotatable bonds is 4. The monoisotopic (exact) mass is 308 g/mol. The van der Waals surface area contributed by atoms with Crippen molar-refractivity contribution < 1.29 is 8.42 Å². The molecule has 0 aliphatic heterocycles. The topological polar surface area (TPSA) is 59.1 Å². The maximum Gasteiger partial charge on any atom is 0.255 e. The van der Waals surface area contributed by atoms with Crippen LogP contribution in [0.3, 0.4) is 0 Å². The molecule has 0 bridgehead atoms. The number of hydrogen-bond acceptors (Lipinski definition) is 3. The molecule has 0 saturated carbocycles. The average molecular weight is 309 g/mol. The van der Waals surface area contributed by atoms with Gasteiger partial charge in [-0.25, -0.2) is 13.4 Å². The first kappa shape index (κ1) is 14.6. The van der Waals surface area contributed by atoms with Crippen LogP contribution in [0.2, 0.25) is 5.15 Å². The highest BCUT2D eigenvalue weighted by atomic mass is 35.5. The maximum absolute atomic E-state index is 12.0. The number of aromatic nitrogens is 1. The van der Waals surface area contributed by atoms with Gasteiger partial charge in [-0.3, -0.25) is 4.72 Å². The Morgan fingerprint density at radius 3 is 2.55 bits per heavy atom. The average Bonchev–Trinajstić information content (AvgIpc) is 2.42. The molecule has 0 spiro atoms. The lowest BCUT2D eigenvalue weighted by Gasteiger charge is -2.08. The van der Waals surface area contributed by atoms with Crippen LogP contribution < -0.4 is 4.72 Å². The van der Waals surface area contributed by atoms with Crippen molar-refractivity contribution in [2.75, 3.05) is 4.72 Å². The summed E-state index contributed by atoms with van der Waals surface area (Å²) in [4.78, 5) is 3.86. The summed E-state index contributed by atoms with van der Waals surface area (Å²) < 4.78 is 26.4. The van der Waals surface area contributed by atoms with Crippen molar-refractivity contribution in [2.24, 2.45) is 0 Å². The van der Waals surface area contributed by atoms with Crippen LogP contribution in [-0.2, 0) is 10.0 Å². The summed E-state index contributed by atoms with van der Waals surface area (Å²) in [5.41, 5.74) is 1.81. The van der Waals surface area contributed by atoms with Gasteiger partial charge < -0.3 is 0 Å². The Balaban J connectivity index is 2.22. The second-order valence-electron chi connectivity index (χ2n) is 4.15. The molecule has 1 aromatic carbocycles. The van der Waals surface area contributed by atoms with Gasteiger partial charge in [-0.1, -0.05) is 41.9 Å². The fourth-order valence-electron chi connectivity index (χ4n) is 1.56. The molecule has 0 aliphatic rings. The highest BCUT2D eigenvalue weighted by molar-refractivity contribution is 7.95. The summed E-state index contributed by atoms with van der Waals surface area (Å²) in [5, 5.41) is 1.23. The Morgan fingerprint density at radius 2 is 1.90 bits per heavy atom. The van der Waals surface area contributed by atoms with Gasteiger partial charge in [0, 0.05) is 6.20 Å². The third kappa shape index (κ3) is 3.82. The van der Waals surface area contributed by atoms with Gasteiger partial charge in [-0.2, -0.15) is 0 Å². The molecule has 2 aromatic rings. The minimum Gasteiger partial charge on any atom is -0.277 e. The van der Waals surface area contributed by atoms with Crippen LogP contribution in [0.15, 0.2) is 48.0 Å². The third-order valence-corrected chi connectivity index (χ3v) is 3.87. The fraction of sp³-hybridized carbons (Fsp3) is 0.0714. The minimum absolute atomic E-state index is 0.127.